The van der Waals surface area contributed by atoms with Crippen molar-refractivity contribution in [2.24, 2.45) is 0 Å². The van der Waals surface area contributed by atoms with Crippen LogP contribution in [0.25, 0.3) is 10.8 Å². The SMILES string of the molecule is CSc1nc(O)c2c(n1)CC(c1cncc3ccccc13)OC2. The van der Waals surface area contributed by atoms with Gasteiger partial charge in [-0.3, -0.25) is 4.98 Å². The fourth-order valence-electron chi connectivity index (χ4n) is 2.92. The van der Waals surface area contributed by atoms with Gasteiger partial charge in [0, 0.05) is 29.8 Å². The van der Waals surface area contributed by atoms with Crippen LogP contribution in [-0.4, -0.2) is 26.3 Å². The zero-order valence-electron chi connectivity index (χ0n) is 12.6. The van der Waals surface area contributed by atoms with Crippen LogP contribution < -0.4 is 0 Å². The number of thioether (sulfide) groups is 1. The van der Waals surface area contributed by atoms with Crippen LogP contribution in [-0.2, 0) is 17.8 Å². The summed E-state index contributed by atoms with van der Waals surface area (Å²) in [5, 5.41) is 12.9. The van der Waals surface area contributed by atoms with E-state index < -0.39 is 0 Å². The van der Waals surface area contributed by atoms with Gasteiger partial charge in [0.2, 0.25) is 5.88 Å². The third-order valence-electron chi connectivity index (χ3n) is 4.09. The highest BCUT2D eigenvalue weighted by Crippen LogP contribution is 2.35. The molecule has 0 aliphatic carbocycles. The molecule has 1 aliphatic rings. The Kier molecular flexibility index (Phi) is 3.63. The van der Waals surface area contributed by atoms with E-state index >= 15 is 0 Å². The van der Waals surface area contributed by atoms with Crippen molar-refractivity contribution in [2.45, 2.75) is 24.3 Å². The first-order valence-electron chi connectivity index (χ1n) is 7.33. The molecule has 0 bridgehead atoms. The molecule has 1 atom stereocenters. The molecule has 0 amide bonds. The van der Waals surface area contributed by atoms with E-state index in [-0.39, 0.29) is 12.0 Å². The topological polar surface area (TPSA) is 68.1 Å². The van der Waals surface area contributed by atoms with E-state index in [9.17, 15) is 5.11 Å². The first-order valence-corrected chi connectivity index (χ1v) is 8.55. The number of ether oxygens (including phenoxy) is 1. The Morgan fingerprint density at radius 1 is 1.22 bits per heavy atom. The number of rotatable bonds is 2. The molecule has 0 radical (unpaired) electrons. The molecule has 0 saturated carbocycles. The van der Waals surface area contributed by atoms with Crippen LogP contribution in [0.5, 0.6) is 5.88 Å². The molecule has 4 rings (SSSR count). The largest absolute Gasteiger partial charge is 0.493 e. The van der Waals surface area contributed by atoms with Gasteiger partial charge in [-0.2, -0.15) is 4.98 Å². The van der Waals surface area contributed by atoms with Crippen LogP contribution in [0.2, 0.25) is 0 Å². The Balaban J connectivity index is 1.76. The Morgan fingerprint density at radius 3 is 2.96 bits per heavy atom. The molecule has 6 heteroatoms. The quantitative estimate of drug-likeness (QED) is 0.576. The molecule has 116 valence electrons. The van der Waals surface area contributed by atoms with Crippen molar-refractivity contribution < 1.29 is 9.84 Å². The van der Waals surface area contributed by atoms with Gasteiger partial charge in [-0.1, -0.05) is 36.0 Å². The maximum Gasteiger partial charge on any atom is 0.220 e. The number of nitrogens with zero attached hydrogens (tertiary/aromatic N) is 3. The standard InChI is InChI=1S/C17H15N3O2S/c1-23-17-19-14-6-15(22-9-13(14)16(21)20-17)12-8-18-7-10-4-2-3-5-11(10)12/h2-5,7-8,15H,6,9H2,1H3,(H,19,20,21). The number of fused-ring (bicyclic) bond motifs is 2. The lowest BCUT2D eigenvalue weighted by atomic mass is 9.97. The minimum absolute atomic E-state index is 0.0221. The summed E-state index contributed by atoms with van der Waals surface area (Å²) in [6.45, 7) is 0.309. The summed E-state index contributed by atoms with van der Waals surface area (Å²) >= 11 is 1.42. The maximum absolute atomic E-state index is 10.0. The van der Waals surface area contributed by atoms with Crippen LogP contribution in [0.15, 0.2) is 41.8 Å². The molecule has 1 aromatic carbocycles. The zero-order valence-corrected chi connectivity index (χ0v) is 13.4. The fraction of sp³-hybridized carbons (Fsp3) is 0.235. The Hall–Kier alpha value is -2.18. The summed E-state index contributed by atoms with van der Waals surface area (Å²) in [4.78, 5) is 12.9. The third kappa shape index (κ3) is 2.54. The van der Waals surface area contributed by atoms with Gasteiger partial charge in [0.05, 0.1) is 24.0 Å². The molecule has 0 fully saturated rings. The van der Waals surface area contributed by atoms with Crippen LogP contribution in [0, 0.1) is 0 Å². The second kappa shape index (κ2) is 5.79. The molecular formula is C17H15N3O2S. The van der Waals surface area contributed by atoms with Crippen LogP contribution in [0.3, 0.4) is 0 Å². The monoisotopic (exact) mass is 325 g/mol. The Morgan fingerprint density at radius 2 is 2.09 bits per heavy atom. The van der Waals surface area contributed by atoms with Crippen molar-refractivity contribution in [2.75, 3.05) is 6.26 Å². The van der Waals surface area contributed by atoms with E-state index in [0.717, 1.165) is 22.0 Å². The molecule has 0 spiro atoms. The average Bonchev–Trinajstić information content (AvgIpc) is 2.60. The number of pyridine rings is 1. The lowest BCUT2D eigenvalue weighted by molar-refractivity contribution is 0.0246. The van der Waals surface area contributed by atoms with E-state index in [2.05, 4.69) is 21.0 Å². The highest BCUT2D eigenvalue weighted by atomic mass is 32.2. The van der Waals surface area contributed by atoms with Gasteiger partial charge < -0.3 is 9.84 Å². The van der Waals surface area contributed by atoms with Crippen LogP contribution in [0.1, 0.15) is 22.9 Å². The second-order valence-corrected chi connectivity index (χ2v) is 6.19. The molecule has 3 heterocycles. The maximum atomic E-state index is 10.0. The van der Waals surface area contributed by atoms with Crippen molar-refractivity contribution in [1.29, 1.82) is 0 Å². The molecule has 5 nitrogen and oxygen atoms in total. The minimum Gasteiger partial charge on any atom is -0.493 e. The van der Waals surface area contributed by atoms with Gasteiger partial charge in [-0.25, -0.2) is 4.98 Å². The van der Waals surface area contributed by atoms with E-state index in [1.165, 1.54) is 11.8 Å². The number of aromatic hydroxyl groups is 1. The fourth-order valence-corrected chi connectivity index (χ4v) is 3.30. The van der Waals surface area contributed by atoms with Gasteiger partial charge >= 0.3 is 0 Å². The summed E-state index contributed by atoms with van der Waals surface area (Å²) in [6, 6.07) is 8.14. The van der Waals surface area contributed by atoms with Gasteiger partial charge in [0.25, 0.3) is 0 Å². The molecular weight excluding hydrogens is 310 g/mol. The first kappa shape index (κ1) is 14.4. The van der Waals surface area contributed by atoms with Crippen molar-refractivity contribution in [3.05, 3.63) is 53.5 Å². The minimum atomic E-state index is -0.120. The van der Waals surface area contributed by atoms with E-state index in [1.54, 1.807) is 0 Å². The predicted octanol–water partition coefficient (Wildman–Crippen LogP) is 3.27. The summed E-state index contributed by atoms with van der Waals surface area (Å²) in [6.07, 6.45) is 6.09. The summed E-state index contributed by atoms with van der Waals surface area (Å²) in [7, 11) is 0. The second-order valence-electron chi connectivity index (χ2n) is 5.41. The van der Waals surface area contributed by atoms with Gasteiger partial charge in [0.1, 0.15) is 0 Å². The Bertz CT molecular complexity index is 880. The number of hydrogen-bond donors (Lipinski definition) is 1. The summed E-state index contributed by atoms with van der Waals surface area (Å²) in [5.74, 6) is 0.0221. The number of hydrogen-bond acceptors (Lipinski definition) is 6. The van der Waals surface area contributed by atoms with Crippen molar-refractivity contribution in [3.8, 4) is 5.88 Å². The van der Waals surface area contributed by atoms with Gasteiger partial charge in [-0.15, -0.1) is 0 Å². The molecule has 0 saturated heterocycles. The van der Waals surface area contributed by atoms with Crippen LogP contribution >= 0.6 is 11.8 Å². The van der Waals surface area contributed by atoms with Gasteiger partial charge in [0.15, 0.2) is 5.16 Å². The van der Waals surface area contributed by atoms with Crippen molar-refractivity contribution in [3.63, 3.8) is 0 Å². The summed E-state index contributed by atoms with van der Waals surface area (Å²) in [5.41, 5.74) is 2.59. The lowest BCUT2D eigenvalue weighted by Gasteiger charge is -2.26. The molecule has 1 N–H and O–H groups in total. The average molecular weight is 325 g/mol. The smallest absolute Gasteiger partial charge is 0.220 e. The van der Waals surface area contributed by atoms with E-state index in [0.29, 0.717) is 23.7 Å². The van der Waals surface area contributed by atoms with E-state index in [1.807, 2.05) is 36.8 Å². The molecule has 1 aliphatic heterocycles. The number of aromatic nitrogens is 3. The van der Waals surface area contributed by atoms with Crippen LogP contribution in [0.4, 0.5) is 0 Å². The van der Waals surface area contributed by atoms with Crippen molar-refractivity contribution in [1.82, 2.24) is 15.0 Å². The normalized spacial score (nSPS) is 17.2. The molecule has 23 heavy (non-hydrogen) atoms. The van der Waals surface area contributed by atoms with E-state index in [4.69, 9.17) is 4.74 Å². The first-order chi connectivity index (χ1) is 11.3. The molecule has 3 aromatic rings. The highest BCUT2D eigenvalue weighted by Gasteiger charge is 2.26. The number of benzene rings is 1. The van der Waals surface area contributed by atoms with Crippen molar-refractivity contribution >= 4 is 22.5 Å². The lowest BCUT2D eigenvalue weighted by Crippen LogP contribution is -2.18. The summed E-state index contributed by atoms with van der Waals surface area (Å²) < 4.78 is 5.97. The third-order valence-corrected chi connectivity index (χ3v) is 4.63. The van der Waals surface area contributed by atoms with Gasteiger partial charge in [-0.05, 0) is 11.6 Å². The Labute approximate surface area is 137 Å². The highest BCUT2D eigenvalue weighted by molar-refractivity contribution is 7.98. The molecule has 1 unspecified atom stereocenters. The predicted molar refractivity (Wildman–Crippen MR) is 88.5 cm³/mol. The molecule has 2 aromatic heterocycles. The zero-order chi connectivity index (χ0) is 15.8.